The first-order chi connectivity index (χ1) is 9.34. The number of thiocarbonyl (C=S) groups is 1. The third kappa shape index (κ3) is 3.24. The lowest BCUT2D eigenvalue weighted by Crippen LogP contribution is -2.48. The number of nitrogens with zero attached hydrogens (tertiary/aromatic N) is 1. The van der Waals surface area contributed by atoms with Gasteiger partial charge in [0.2, 0.25) is 0 Å². The first kappa shape index (κ1) is 13.7. The molecule has 1 atom stereocenters. The van der Waals surface area contributed by atoms with Crippen LogP contribution in [0.4, 0.5) is 0 Å². The molecule has 19 heavy (non-hydrogen) atoms. The molecular weight excluding hydrogens is 252 g/mol. The lowest BCUT2D eigenvalue weighted by Gasteiger charge is -2.34. The molecule has 1 unspecified atom stereocenters. The van der Waals surface area contributed by atoms with E-state index < -0.39 is 0 Å². The average molecular weight is 280 g/mol. The van der Waals surface area contributed by atoms with Crippen LogP contribution >= 0.6 is 12.2 Å². The van der Waals surface area contributed by atoms with E-state index in [1.165, 1.54) is 77.2 Å². The van der Waals surface area contributed by atoms with Crippen molar-refractivity contribution < 1.29 is 0 Å². The van der Waals surface area contributed by atoms with E-state index in [2.05, 4.69) is 10.2 Å². The quantitative estimate of drug-likeness (QED) is 0.774. The molecule has 0 radical (unpaired) electrons. The van der Waals surface area contributed by atoms with Gasteiger partial charge in [0.15, 0.2) is 5.11 Å². The van der Waals surface area contributed by atoms with Gasteiger partial charge in [-0.05, 0) is 56.7 Å². The summed E-state index contributed by atoms with van der Waals surface area (Å²) in [6, 6.07) is 1.41. The summed E-state index contributed by atoms with van der Waals surface area (Å²) in [4.78, 5) is 2.54. The minimum Gasteiger partial charge on any atom is -0.360 e. The van der Waals surface area contributed by atoms with Gasteiger partial charge in [0.25, 0.3) is 0 Å². The number of hydrogen-bond acceptors (Lipinski definition) is 1. The van der Waals surface area contributed by atoms with Crippen molar-refractivity contribution in [3.8, 4) is 0 Å². The zero-order valence-electron chi connectivity index (χ0n) is 12.1. The minimum atomic E-state index is 0.658. The Kier molecular flexibility index (Phi) is 4.62. The third-order valence-electron chi connectivity index (χ3n) is 5.44. The fourth-order valence-corrected chi connectivity index (χ4v) is 4.77. The summed E-state index contributed by atoms with van der Waals surface area (Å²) < 4.78 is 0. The summed E-state index contributed by atoms with van der Waals surface area (Å²) in [5.41, 5.74) is 0. The molecule has 2 saturated carbocycles. The number of likely N-dealkylation sites (tertiary alicyclic amines) is 1. The van der Waals surface area contributed by atoms with Crippen LogP contribution < -0.4 is 5.32 Å². The summed E-state index contributed by atoms with van der Waals surface area (Å²) in [5, 5.41) is 4.74. The molecule has 2 aliphatic carbocycles. The molecule has 3 fully saturated rings. The van der Waals surface area contributed by atoms with Crippen molar-refractivity contribution in [2.45, 2.75) is 82.7 Å². The maximum Gasteiger partial charge on any atom is 0.169 e. The average Bonchev–Trinajstić information content (AvgIpc) is 3.10. The standard InChI is InChI=1S/C16H28N2S/c19-16(17-14-9-2-1-3-10-14)18-12-6-11-15(18)13-7-4-5-8-13/h13-15H,1-12H2,(H,17,19). The van der Waals surface area contributed by atoms with Gasteiger partial charge in [-0.1, -0.05) is 32.1 Å². The first-order valence-corrected chi connectivity index (χ1v) is 8.82. The van der Waals surface area contributed by atoms with Crippen molar-refractivity contribution >= 4 is 17.3 Å². The van der Waals surface area contributed by atoms with Crippen LogP contribution in [0.25, 0.3) is 0 Å². The van der Waals surface area contributed by atoms with E-state index in [0.29, 0.717) is 6.04 Å². The number of hydrogen-bond donors (Lipinski definition) is 1. The van der Waals surface area contributed by atoms with Gasteiger partial charge in [0.1, 0.15) is 0 Å². The molecule has 2 nitrogen and oxygen atoms in total. The Hall–Kier alpha value is -0.310. The predicted octanol–water partition coefficient (Wildman–Crippen LogP) is 3.85. The van der Waals surface area contributed by atoms with Crippen LogP contribution in [-0.4, -0.2) is 28.6 Å². The van der Waals surface area contributed by atoms with Crippen LogP contribution in [0, 0.1) is 5.92 Å². The second kappa shape index (κ2) is 6.43. The van der Waals surface area contributed by atoms with E-state index in [-0.39, 0.29) is 0 Å². The smallest absolute Gasteiger partial charge is 0.169 e. The van der Waals surface area contributed by atoms with E-state index in [4.69, 9.17) is 12.2 Å². The number of rotatable bonds is 2. The van der Waals surface area contributed by atoms with E-state index in [1.807, 2.05) is 0 Å². The lowest BCUT2D eigenvalue weighted by atomic mass is 9.95. The zero-order chi connectivity index (χ0) is 13.1. The zero-order valence-corrected chi connectivity index (χ0v) is 12.9. The molecule has 0 aromatic rings. The van der Waals surface area contributed by atoms with Gasteiger partial charge >= 0.3 is 0 Å². The summed E-state index contributed by atoms with van der Waals surface area (Å²) in [6.45, 7) is 1.19. The fraction of sp³-hybridized carbons (Fsp3) is 0.938. The fourth-order valence-electron chi connectivity index (χ4n) is 4.38. The molecule has 0 bridgehead atoms. The van der Waals surface area contributed by atoms with Crippen molar-refractivity contribution in [2.75, 3.05) is 6.54 Å². The molecule has 1 N–H and O–H groups in total. The van der Waals surface area contributed by atoms with Gasteiger partial charge in [0, 0.05) is 18.6 Å². The Morgan fingerprint density at radius 3 is 2.26 bits per heavy atom. The molecule has 0 spiro atoms. The van der Waals surface area contributed by atoms with Gasteiger partial charge in [-0.15, -0.1) is 0 Å². The molecular formula is C16H28N2S. The molecule has 3 aliphatic rings. The van der Waals surface area contributed by atoms with Crippen LogP contribution in [0.3, 0.4) is 0 Å². The predicted molar refractivity (Wildman–Crippen MR) is 84.3 cm³/mol. The van der Waals surface area contributed by atoms with E-state index >= 15 is 0 Å². The summed E-state index contributed by atoms with van der Waals surface area (Å²) in [6.07, 6.45) is 15.3. The van der Waals surface area contributed by atoms with Crippen LogP contribution in [0.5, 0.6) is 0 Å². The molecule has 3 rings (SSSR count). The Balaban J connectivity index is 1.55. The molecule has 1 aliphatic heterocycles. The summed E-state index contributed by atoms with van der Waals surface area (Å²) >= 11 is 5.72. The molecule has 0 aromatic heterocycles. The van der Waals surface area contributed by atoms with Gasteiger partial charge in [-0.3, -0.25) is 0 Å². The topological polar surface area (TPSA) is 15.3 Å². The third-order valence-corrected chi connectivity index (χ3v) is 5.79. The minimum absolute atomic E-state index is 0.658. The highest BCUT2D eigenvalue weighted by Crippen LogP contribution is 2.35. The Bertz CT molecular complexity index is 306. The van der Waals surface area contributed by atoms with E-state index in [9.17, 15) is 0 Å². The van der Waals surface area contributed by atoms with Gasteiger partial charge < -0.3 is 10.2 Å². The highest BCUT2D eigenvalue weighted by atomic mass is 32.1. The molecule has 1 heterocycles. The van der Waals surface area contributed by atoms with Crippen LogP contribution in [0.2, 0.25) is 0 Å². The normalized spacial score (nSPS) is 29.9. The highest BCUT2D eigenvalue weighted by molar-refractivity contribution is 7.80. The number of nitrogens with one attached hydrogen (secondary N) is 1. The molecule has 1 saturated heterocycles. The second-order valence-corrected chi connectivity index (χ2v) is 7.12. The van der Waals surface area contributed by atoms with Crippen molar-refractivity contribution in [2.24, 2.45) is 5.92 Å². The van der Waals surface area contributed by atoms with Crippen LogP contribution in [0.1, 0.15) is 70.6 Å². The first-order valence-electron chi connectivity index (χ1n) is 8.42. The Morgan fingerprint density at radius 2 is 1.53 bits per heavy atom. The highest BCUT2D eigenvalue weighted by Gasteiger charge is 2.34. The Labute approximate surface area is 123 Å². The monoisotopic (exact) mass is 280 g/mol. The van der Waals surface area contributed by atoms with E-state index in [1.54, 1.807) is 0 Å². The van der Waals surface area contributed by atoms with Crippen molar-refractivity contribution in [3.63, 3.8) is 0 Å². The van der Waals surface area contributed by atoms with Gasteiger partial charge in [-0.2, -0.15) is 0 Å². The summed E-state index contributed by atoms with van der Waals surface area (Å²) in [7, 11) is 0. The largest absolute Gasteiger partial charge is 0.360 e. The van der Waals surface area contributed by atoms with Gasteiger partial charge in [-0.25, -0.2) is 0 Å². The van der Waals surface area contributed by atoms with Crippen molar-refractivity contribution in [1.82, 2.24) is 10.2 Å². The maximum atomic E-state index is 5.72. The van der Waals surface area contributed by atoms with Gasteiger partial charge in [0.05, 0.1) is 0 Å². The van der Waals surface area contributed by atoms with Crippen LogP contribution in [0.15, 0.2) is 0 Å². The molecule has 3 heteroatoms. The summed E-state index contributed by atoms with van der Waals surface area (Å²) in [5.74, 6) is 0.925. The van der Waals surface area contributed by atoms with Crippen molar-refractivity contribution in [3.05, 3.63) is 0 Å². The molecule has 0 amide bonds. The second-order valence-electron chi connectivity index (χ2n) is 6.73. The molecule has 0 aromatic carbocycles. The SMILES string of the molecule is S=C(NC1CCCCC1)N1CCCC1C1CCCC1. The van der Waals surface area contributed by atoms with E-state index in [0.717, 1.165) is 17.1 Å². The van der Waals surface area contributed by atoms with Crippen LogP contribution in [-0.2, 0) is 0 Å². The lowest BCUT2D eigenvalue weighted by molar-refractivity contribution is 0.272. The Morgan fingerprint density at radius 1 is 0.842 bits per heavy atom. The maximum absolute atomic E-state index is 5.72. The molecule has 108 valence electrons. The van der Waals surface area contributed by atoms with Crippen molar-refractivity contribution in [1.29, 1.82) is 0 Å².